The average Bonchev–Trinajstić information content (AvgIpc) is 2.24. The summed E-state index contributed by atoms with van der Waals surface area (Å²) in [5, 5.41) is 3.67. The molecule has 1 heterocycles. The zero-order chi connectivity index (χ0) is 15.3. The molecule has 0 bridgehead atoms. The van der Waals surface area contributed by atoms with Gasteiger partial charge in [0.05, 0.1) is 6.54 Å². The van der Waals surface area contributed by atoms with E-state index in [2.05, 4.69) is 59.5 Å². The molecule has 3 heteroatoms. The average molecular weight is 273 g/mol. The van der Waals surface area contributed by atoms with E-state index in [1.54, 1.807) is 0 Å². The fourth-order valence-electron chi connectivity index (χ4n) is 3.01. The van der Waals surface area contributed by atoms with Gasteiger partial charge in [0.25, 0.3) is 0 Å². The highest BCUT2D eigenvalue weighted by Crippen LogP contribution is 2.31. The molecule has 1 aliphatic heterocycles. The molecule has 116 valence electrons. The van der Waals surface area contributed by atoms with Crippen molar-refractivity contribution >= 4 is 0 Å². The molecule has 6 N–H and O–H groups in total. The van der Waals surface area contributed by atoms with Crippen LogP contribution in [-0.4, -0.2) is 24.2 Å². The second kappa shape index (κ2) is 7.61. The molecule has 0 amide bonds. The van der Waals surface area contributed by atoms with Gasteiger partial charge in [0, 0.05) is 17.0 Å². The fourth-order valence-corrected chi connectivity index (χ4v) is 3.01. The van der Waals surface area contributed by atoms with Crippen LogP contribution in [0.15, 0.2) is 0 Å². The standard InChI is InChI=1S/C10H22N2.C6H15N/c1-9(2)5-8(7-11)6-10(3,4)12-9;1-5(2)6(3)4-7/h8,12H,5-7,11H2,1-4H3;5-6H,4,7H2,1-3H3/p+1. The lowest BCUT2D eigenvalue weighted by Crippen LogP contribution is -2.63. The van der Waals surface area contributed by atoms with Gasteiger partial charge in [0.15, 0.2) is 0 Å². The van der Waals surface area contributed by atoms with Crippen LogP contribution in [0, 0.1) is 17.8 Å². The van der Waals surface area contributed by atoms with Crippen molar-refractivity contribution in [2.45, 2.75) is 72.4 Å². The zero-order valence-corrected chi connectivity index (χ0v) is 14.3. The zero-order valence-electron chi connectivity index (χ0n) is 14.3. The van der Waals surface area contributed by atoms with Crippen molar-refractivity contribution in [1.82, 2.24) is 5.32 Å². The maximum absolute atomic E-state index is 5.37. The van der Waals surface area contributed by atoms with Crippen molar-refractivity contribution < 1.29 is 5.73 Å². The third kappa shape index (κ3) is 7.91. The number of nitrogens with one attached hydrogen (secondary N) is 1. The largest absolute Gasteiger partial charge is 0.357 e. The van der Waals surface area contributed by atoms with Crippen molar-refractivity contribution in [2.24, 2.45) is 23.5 Å². The molecule has 0 aromatic rings. The second-order valence-corrected chi connectivity index (χ2v) is 7.91. The Labute approximate surface area is 120 Å². The number of nitrogens with two attached hydrogens (primary N) is 1. The first-order valence-corrected chi connectivity index (χ1v) is 7.81. The highest BCUT2D eigenvalue weighted by atomic mass is 15.0. The van der Waals surface area contributed by atoms with Crippen LogP contribution >= 0.6 is 0 Å². The molecule has 0 spiro atoms. The molecule has 3 nitrogen and oxygen atoms in total. The summed E-state index contributed by atoms with van der Waals surface area (Å²) in [7, 11) is 0. The summed E-state index contributed by atoms with van der Waals surface area (Å²) in [6, 6.07) is 0. The van der Waals surface area contributed by atoms with Crippen molar-refractivity contribution in [3.63, 3.8) is 0 Å². The number of rotatable bonds is 3. The van der Waals surface area contributed by atoms with Gasteiger partial charge in [-0.05, 0) is 58.9 Å². The summed E-state index contributed by atoms with van der Waals surface area (Å²) in [6.07, 6.45) is 2.53. The summed E-state index contributed by atoms with van der Waals surface area (Å²) in [6.45, 7) is 17.6. The molecule has 19 heavy (non-hydrogen) atoms. The minimum absolute atomic E-state index is 0.296. The minimum atomic E-state index is 0.296. The van der Waals surface area contributed by atoms with Gasteiger partial charge in [-0.2, -0.15) is 0 Å². The predicted octanol–water partition coefficient (Wildman–Crippen LogP) is 2.02. The van der Waals surface area contributed by atoms with E-state index in [4.69, 9.17) is 5.73 Å². The summed E-state index contributed by atoms with van der Waals surface area (Å²) < 4.78 is 0. The highest BCUT2D eigenvalue weighted by molar-refractivity contribution is 4.96. The first-order chi connectivity index (χ1) is 8.53. The molecule has 0 saturated carbocycles. The smallest absolute Gasteiger partial charge is 0.0769 e. The van der Waals surface area contributed by atoms with Gasteiger partial charge < -0.3 is 16.8 Å². The van der Waals surface area contributed by atoms with E-state index < -0.39 is 0 Å². The number of hydrogen-bond acceptors (Lipinski definition) is 2. The van der Waals surface area contributed by atoms with Crippen LogP contribution in [-0.2, 0) is 0 Å². The first-order valence-electron chi connectivity index (χ1n) is 7.81. The van der Waals surface area contributed by atoms with Crippen LogP contribution in [0.1, 0.15) is 61.3 Å². The lowest BCUT2D eigenvalue weighted by Gasteiger charge is -2.45. The van der Waals surface area contributed by atoms with Crippen LogP contribution in [0.5, 0.6) is 0 Å². The van der Waals surface area contributed by atoms with Gasteiger partial charge in [-0.1, -0.05) is 20.8 Å². The Balaban J connectivity index is 0.000000399. The molecule has 0 aromatic carbocycles. The van der Waals surface area contributed by atoms with Crippen LogP contribution < -0.4 is 16.8 Å². The molecule has 1 rings (SSSR count). The van der Waals surface area contributed by atoms with E-state index in [0.29, 0.717) is 17.0 Å². The fraction of sp³-hybridized carbons (Fsp3) is 1.00. The lowest BCUT2D eigenvalue weighted by molar-refractivity contribution is -0.382. The van der Waals surface area contributed by atoms with Crippen molar-refractivity contribution in [3.8, 4) is 0 Å². The number of piperidine rings is 1. The van der Waals surface area contributed by atoms with E-state index in [9.17, 15) is 0 Å². The molecular formula is C16H38N3+. The Morgan fingerprint density at radius 2 is 1.53 bits per heavy atom. The van der Waals surface area contributed by atoms with Crippen molar-refractivity contribution in [1.29, 1.82) is 0 Å². The van der Waals surface area contributed by atoms with E-state index in [0.717, 1.165) is 24.9 Å². The third-order valence-electron chi connectivity index (χ3n) is 4.19. The molecule has 1 atom stereocenters. The van der Waals surface area contributed by atoms with Gasteiger partial charge >= 0.3 is 0 Å². The summed E-state index contributed by atoms with van der Waals surface area (Å²) >= 11 is 0. The Bertz CT molecular complexity index is 230. The molecule has 1 unspecified atom stereocenters. The van der Waals surface area contributed by atoms with Gasteiger partial charge in [0.1, 0.15) is 0 Å². The van der Waals surface area contributed by atoms with Gasteiger partial charge in [-0.25, -0.2) is 0 Å². The quantitative estimate of drug-likeness (QED) is 0.736. The predicted molar refractivity (Wildman–Crippen MR) is 84.8 cm³/mol. The molecule has 0 aromatic heterocycles. The van der Waals surface area contributed by atoms with Crippen LogP contribution in [0.2, 0.25) is 0 Å². The number of quaternary nitrogens is 1. The van der Waals surface area contributed by atoms with E-state index >= 15 is 0 Å². The lowest BCUT2D eigenvalue weighted by atomic mass is 9.76. The Morgan fingerprint density at radius 3 is 1.74 bits per heavy atom. The monoisotopic (exact) mass is 272 g/mol. The first kappa shape index (κ1) is 18.9. The van der Waals surface area contributed by atoms with Crippen LogP contribution in [0.3, 0.4) is 0 Å². The molecule has 0 aliphatic carbocycles. The maximum atomic E-state index is 5.37. The second-order valence-electron chi connectivity index (χ2n) is 7.91. The maximum Gasteiger partial charge on any atom is 0.0769 e. The van der Waals surface area contributed by atoms with Gasteiger partial charge in [-0.15, -0.1) is 0 Å². The van der Waals surface area contributed by atoms with Gasteiger partial charge in [-0.3, -0.25) is 0 Å². The SMILES string of the molecule is CC(C)C(C)CN.CC1(C)CC(C[NH3+])CC(C)(C)N1. The normalized spacial score (nSPS) is 23.7. The molecule has 1 saturated heterocycles. The van der Waals surface area contributed by atoms with E-state index in [1.165, 1.54) is 12.8 Å². The number of hydrogen-bond donors (Lipinski definition) is 3. The molecular weight excluding hydrogens is 234 g/mol. The van der Waals surface area contributed by atoms with Crippen molar-refractivity contribution in [3.05, 3.63) is 0 Å². The minimum Gasteiger partial charge on any atom is -0.357 e. The van der Waals surface area contributed by atoms with Crippen LogP contribution in [0.4, 0.5) is 0 Å². The van der Waals surface area contributed by atoms with E-state index in [-0.39, 0.29) is 0 Å². The summed E-state index contributed by atoms with van der Waals surface area (Å²) in [5.41, 5.74) is 9.98. The Hall–Kier alpha value is -0.120. The van der Waals surface area contributed by atoms with Crippen LogP contribution in [0.25, 0.3) is 0 Å². The summed E-state index contributed by atoms with van der Waals surface area (Å²) in [4.78, 5) is 0. The van der Waals surface area contributed by atoms with Crippen molar-refractivity contribution in [2.75, 3.05) is 13.1 Å². The molecule has 1 aliphatic rings. The summed E-state index contributed by atoms with van der Waals surface area (Å²) in [5.74, 6) is 2.22. The molecule has 0 radical (unpaired) electrons. The van der Waals surface area contributed by atoms with Gasteiger partial charge in [0.2, 0.25) is 0 Å². The molecule has 1 fully saturated rings. The topological polar surface area (TPSA) is 65.7 Å². The Kier molecular flexibility index (Phi) is 7.56. The van der Waals surface area contributed by atoms with E-state index in [1.807, 2.05) is 0 Å². The third-order valence-corrected chi connectivity index (χ3v) is 4.19. The highest BCUT2D eigenvalue weighted by Gasteiger charge is 2.37. The Morgan fingerprint density at radius 1 is 1.11 bits per heavy atom.